The molecule has 2 aromatic heterocycles. The Morgan fingerprint density at radius 1 is 1.17 bits per heavy atom. The third-order valence-corrected chi connectivity index (χ3v) is 3.29. The van der Waals surface area contributed by atoms with Gasteiger partial charge in [-0.1, -0.05) is 0 Å². The van der Waals surface area contributed by atoms with Gasteiger partial charge in [0.05, 0.1) is 16.6 Å². The summed E-state index contributed by atoms with van der Waals surface area (Å²) in [5.41, 5.74) is 1.13. The Bertz CT molecular complexity index is 683. The number of benzene rings is 1. The molecule has 0 unspecified atom stereocenters. The predicted octanol–water partition coefficient (Wildman–Crippen LogP) is 4.31. The van der Waals surface area contributed by atoms with Gasteiger partial charge < -0.3 is 4.98 Å². The number of halogens is 3. The number of nitrogens with zero attached hydrogens (tertiary/aromatic N) is 1. The van der Waals surface area contributed by atoms with E-state index in [-0.39, 0.29) is 0 Å². The predicted molar refractivity (Wildman–Crippen MR) is 64.4 cm³/mol. The first kappa shape index (κ1) is 11.3. The van der Waals surface area contributed by atoms with Crippen LogP contribution in [-0.2, 0) is 6.18 Å². The van der Waals surface area contributed by atoms with Crippen LogP contribution in [-0.4, -0.2) is 9.97 Å². The topological polar surface area (TPSA) is 28.7 Å². The number of alkyl halides is 3. The molecule has 0 bridgehead atoms. The molecule has 0 spiro atoms. The Balaban J connectivity index is 2.13. The summed E-state index contributed by atoms with van der Waals surface area (Å²) in [6, 6.07) is 5.37. The average molecular weight is 268 g/mol. The molecule has 18 heavy (non-hydrogen) atoms. The monoisotopic (exact) mass is 268 g/mol. The van der Waals surface area contributed by atoms with Crippen molar-refractivity contribution in [1.82, 2.24) is 9.97 Å². The number of fused-ring (bicyclic) bond motifs is 1. The molecule has 0 radical (unpaired) electrons. The lowest BCUT2D eigenvalue weighted by atomic mass is 10.2. The van der Waals surface area contributed by atoms with Crippen molar-refractivity contribution in [2.45, 2.75) is 6.18 Å². The van der Waals surface area contributed by atoms with Crippen molar-refractivity contribution in [1.29, 1.82) is 0 Å². The third-order valence-electron chi connectivity index (χ3n) is 2.60. The summed E-state index contributed by atoms with van der Waals surface area (Å²) < 4.78 is 37.7. The number of hydrogen-bond donors (Lipinski definition) is 1. The molecule has 2 nitrogen and oxygen atoms in total. The standard InChI is InChI=1S/C12H7F3N2S/c13-12(14,15)8-1-2-9-10(5-8)17-11(16-9)7-3-4-18-6-7/h1-6H,(H,16,17). The van der Waals surface area contributed by atoms with Gasteiger partial charge in [0.2, 0.25) is 0 Å². The Morgan fingerprint density at radius 3 is 2.67 bits per heavy atom. The summed E-state index contributed by atoms with van der Waals surface area (Å²) in [6.07, 6.45) is -4.33. The van der Waals surface area contributed by atoms with Gasteiger partial charge in [-0.25, -0.2) is 4.98 Å². The van der Waals surface area contributed by atoms with Crippen LogP contribution in [0.3, 0.4) is 0 Å². The molecule has 3 aromatic rings. The van der Waals surface area contributed by atoms with Crippen molar-refractivity contribution in [2.75, 3.05) is 0 Å². The molecule has 0 aliphatic rings. The smallest absolute Gasteiger partial charge is 0.338 e. The number of aromatic amines is 1. The van der Waals surface area contributed by atoms with E-state index >= 15 is 0 Å². The van der Waals surface area contributed by atoms with Gasteiger partial charge in [0.15, 0.2) is 0 Å². The molecule has 0 fully saturated rings. The normalized spacial score (nSPS) is 12.2. The molecule has 0 saturated carbocycles. The van der Waals surface area contributed by atoms with Crippen molar-refractivity contribution in [3.8, 4) is 11.4 Å². The zero-order chi connectivity index (χ0) is 12.8. The van der Waals surface area contributed by atoms with E-state index in [1.165, 1.54) is 17.4 Å². The number of rotatable bonds is 1. The Kier molecular flexibility index (Phi) is 2.41. The van der Waals surface area contributed by atoms with E-state index < -0.39 is 11.7 Å². The van der Waals surface area contributed by atoms with Crippen LogP contribution in [0.2, 0.25) is 0 Å². The average Bonchev–Trinajstić information content (AvgIpc) is 2.95. The van der Waals surface area contributed by atoms with Crippen LogP contribution < -0.4 is 0 Å². The fourth-order valence-electron chi connectivity index (χ4n) is 1.72. The molecule has 0 aliphatic heterocycles. The highest BCUT2D eigenvalue weighted by molar-refractivity contribution is 7.08. The van der Waals surface area contributed by atoms with Crippen LogP contribution >= 0.6 is 11.3 Å². The summed E-state index contributed by atoms with van der Waals surface area (Å²) in [4.78, 5) is 7.17. The molecule has 0 atom stereocenters. The van der Waals surface area contributed by atoms with E-state index in [0.29, 0.717) is 16.9 Å². The summed E-state index contributed by atoms with van der Waals surface area (Å²) >= 11 is 1.51. The van der Waals surface area contributed by atoms with Gasteiger partial charge in [-0.05, 0) is 29.6 Å². The largest absolute Gasteiger partial charge is 0.416 e. The lowest BCUT2D eigenvalue weighted by Gasteiger charge is -2.05. The Labute approximate surface area is 104 Å². The van der Waals surface area contributed by atoms with E-state index in [4.69, 9.17) is 0 Å². The minimum Gasteiger partial charge on any atom is -0.338 e. The summed E-state index contributed by atoms with van der Waals surface area (Å²) in [5, 5.41) is 3.78. The van der Waals surface area contributed by atoms with Gasteiger partial charge >= 0.3 is 6.18 Å². The number of nitrogens with one attached hydrogen (secondary N) is 1. The van der Waals surface area contributed by atoms with Crippen LogP contribution in [0.15, 0.2) is 35.0 Å². The zero-order valence-corrected chi connectivity index (χ0v) is 9.77. The zero-order valence-electron chi connectivity index (χ0n) is 8.95. The van der Waals surface area contributed by atoms with Crippen molar-refractivity contribution < 1.29 is 13.2 Å². The van der Waals surface area contributed by atoms with Crippen LogP contribution in [0.4, 0.5) is 13.2 Å². The highest BCUT2D eigenvalue weighted by Crippen LogP contribution is 2.31. The molecule has 92 valence electrons. The van der Waals surface area contributed by atoms with Gasteiger partial charge in [0, 0.05) is 10.9 Å². The molecule has 0 saturated heterocycles. The third kappa shape index (κ3) is 1.88. The van der Waals surface area contributed by atoms with Crippen LogP contribution in [0.25, 0.3) is 22.4 Å². The van der Waals surface area contributed by atoms with Gasteiger partial charge in [-0.2, -0.15) is 24.5 Å². The first-order valence-corrected chi connectivity index (χ1v) is 6.08. The van der Waals surface area contributed by atoms with E-state index in [1.807, 2.05) is 16.8 Å². The van der Waals surface area contributed by atoms with Gasteiger partial charge in [-0.15, -0.1) is 0 Å². The van der Waals surface area contributed by atoms with Crippen LogP contribution in [0.1, 0.15) is 5.56 Å². The maximum Gasteiger partial charge on any atom is 0.416 e. The van der Waals surface area contributed by atoms with Crippen LogP contribution in [0, 0.1) is 0 Å². The first-order valence-electron chi connectivity index (χ1n) is 5.13. The Hall–Kier alpha value is -1.82. The molecule has 3 rings (SSSR count). The molecule has 6 heteroatoms. The summed E-state index contributed by atoms with van der Waals surface area (Å²) in [6.45, 7) is 0. The summed E-state index contributed by atoms with van der Waals surface area (Å²) in [5.74, 6) is 0.588. The molecule has 1 aromatic carbocycles. The minimum absolute atomic E-state index is 0.394. The number of imidazole rings is 1. The number of aromatic nitrogens is 2. The van der Waals surface area contributed by atoms with Crippen molar-refractivity contribution in [3.63, 3.8) is 0 Å². The minimum atomic E-state index is -4.33. The molecular formula is C12H7F3N2S. The molecular weight excluding hydrogens is 261 g/mol. The first-order chi connectivity index (χ1) is 8.54. The lowest BCUT2D eigenvalue weighted by molar-refractivity contribution is -0.137. The molecule has 1 N–H and O–H groups in total. The second-order valence-corrected chi connectivity index (χ2v) is 4.61. The number of H-pyrrole nitrogens is 1. The molecule has 0 aliphatic carbocycles. The van der Waals surface area contributed by atoms with E-state index in [0.717, 1.165) is 17.7 Å². The van der Waals surface area contributed by atoms with Gasteiger partial charge in [0.25, 0.3) is 0 Å². The highest BCUT2D eigenvalue weighted by Gasteiger charge is 2.30. The number of hydrogen-bond acceptors (Lipinski definition) is 2. The fourth-order valence-corrected chi connectivity index (χ4v) is 2.36. The van der Waals surface area contributed by atoms with Crippen molar-refractivity contribution in [2.24, 2.45) is 0 Å². The van der Waals surface area contributed by atoms with Crippen molar-refractivity contribution in [3.05, 3.63) is 40.6 Å². The summed E-state index contributed by atoms with van der Waals surface area (Å²) in [7, 11) is 0. The number of thiophene rings is 1. The van der Waals surface area contributed by atoms with Crippen molar-refractivity contribution >= 4 is 22.4 Å². The second kappa shape index (κ2) is 3.84. The Morgan fingerprint density at radius 2 is 2.00 bits per heavy atom. The molecule has 0 amide bonds. The van der Waals surface area contributed by atoms with E-state index in [2.05, 4.69) is 9.97 Å². The quantitative estimate of drug-likeness (QED) is 0.700. The lowest BCUT2D eigenvalue weighted by Crippen LogP contribution is -2.04. The second-order valence-electron chi connectivity index (χ2n) is 3.83. The molecule has 2 heterocycles. The SMILES string of the molecule is FC(F)(F)c1ccc2nc(-c3ccsc3)[nH]c2c1. The highest BCUT2D eigenvalue weighted by atomic mass is 32.1. The maximum absolute atomic E-state index is 12.6. The maximum atomic E-state index is 12.6. The van der Waals surface area contributed by atoms with E-state index in [1.54, 1.807) is 0 Å². The van der Waals surface area contributed by atoms with Crippen LogP contribution in [0.5, 0.6) is 0 Å². The van der Waals surface area contributed by atoms with Gasteiger partial charge in [-0.3, -0.25) is 0 Å². The fraction of sp³-hybridized carbons (Fsp3) is 0.0833. The van der Waals surface area contributed by atoms with Gasteiger partial charge in [0.1, 0.15) is 5.82 Å². The van der Waals surface area contributed by atoms with E-state index in [9.17, 15) is 13.2 Å².